The van der Waals surface area contributed by atoms with Crippen molar-refractivity contribution in [1.82, 2.24) is 10.6 Å². The molecule has 6 nitrogen and oxygen atoms in total. The minimum atomic E-state index is -0.435. The molecule has 0 aliphatic carbocycles. The van der Waals surface area contributed by atoms with E-state index >= 15 is 0 Å². The van der Waals surface area contributed by atoms with Crippen molar-refractivity contribution in [3.8, 4) is 0 Å². The average molecular weight is 256 g/mol. The summed E-state index contributed by atoms with van der Waals surface area (Å²) in [6.45, 7) is 12.8. The Morgan fingerprint density at radius 3 is 1.89 bits per heavy atom. The van der Waals surface area contributed by atoms with Gasteiger partial charge in [-0.2, -0.15) is 0 Å². The van der Waals surface area contributed by atoms with Gasteiger partial charge in [0.1, 0.15) is 0 Å². The first-order valence-electron chi connectivity index (χ1n) is 5.62. The number of nitrogens with one attached hydrogen (secondary N) is 2. The summed E-state index contributed by atoms with van der Waals surface area (Å²) in [5.41, 5.74) is 10.9. The Morgan fingerprint density at radius 2 is 1.56 bits per heavy atom. The van der Waals surface area contributed by atoms with Crippen molar-refractivity contribution in [2.24, 2.45) is 11.5 Å². The lowest BCUT2D eigenvalue weighted by Gasteiger charge is -2.04. The van der Waals surface area contributed by atoms with Crippen molar-refractivity contribution in [2.45, 2.75) is 13.8 Å². The van der Waals surface area contributed by atoms with E-state index in [0.717, 1.165) is 13.1 Å². The lowest BCUT2D eigenvalue weighted by atomic mass is 10.3. The maximum Gasteiger partial charge on any atom is 0.246 e. The highest BCUT2D eigenvalue weighted by Gasteiger charge is 1.98. The summed E-state index contributed by atoms with van der Waals surface area (Å²) in [6.07, 6.45) is 0. The second-order valence-electron chi connectivity index (χ2n) is 3.72. The molecule has 0 spiro atoms. The largest absolute Gasteiger partial charge is 0.366 e. The van der Waals surface area contributed by atoms with E-state index in [9.17, 15) is 9.59 Å². The van der Waals surface area contributed by atoms with Gasteiger partial charge < -0.3 is 22.1 Å². The van der Waals surface area contributed by atoms with Crippen LogP contribution in [0.25, 0.3) is 0 Å². The molecule has 104 valence electrons. The molecule has 0 fully saturated rings. The van der Waals surface area contributed by atoms with Crippen molar-refractivity contribution in [3.05, 3.63) is 24.3 Å². The third-order valence-corrected chi connectivity index (χ3v) is 1.72. The maximum atomic E-state index is 10.9. The minimum absolute atomic E-state index is 0.0930. The van der Waals surface area contributed by atoms with E-state index in [0.29, 0.717) is 24.2 Å². The zero-order valence-corrected chi connectivity index (χ0v) is 11.2. The van der Waals surface area contributed by atoms with Gasteiger partial charge in [-0.3, -0.25) is 9.59 Å². The molecule has 0 unspecified atom stereocenters. The third-order valence-electron chi connectivity index (χ3n) is 1.72. The molecule has 0 aromatic heterocycles. The molecule has 0 saturated heterocycles. The molecule has 0 aromatic carbocycles. The van der Waals surface area contributed by atoms with E-state index in [1.807, 2.05) is 0 Å². The van der Waals surface area contributed by atoms with Crippen LogP contribution in [0.15, 0.2) is 24.3 Å². The van der Waals surface area contributed by atoms with Crippen molar-refractivity contribution >= 4 is 11.8 Å². The summed E-state index contributed by atoms with van der Waals surface area (Å²) in [5.74, 6) is -0.528. The molecular formula is C12H24N4O2. The van der Waals surface area contributed by atoms with Crippen LogP contribution in [0.2, 0.25) is 0 Å². The highest BCUT2D eigenvalue weighted by atomic mass is 16.2. The van der Waals surface area contributed by atoms with Gasteiger partial charge in [-0.1, -0.05) is 13.2 Å². The number of hydrogen-bond acceptors (Lipinski definition) is 4. The second-order valence-corrected chi connectivity index (χ2v) is 3.72. The molecule has 2 amide bonds. The van der Waals surface area contributed by atoms with Gasteiger partial charge in [0.15, 0.2) is 0 Å². The first-order valence-corrected chi connectivity index (χ1v) is 5.62. The summed E-state index contributed by atoms with van der Waals surface area (Å²) in [6, 6.07) is 0. The zero-order valence-electron chi connectivity index (χ0n) is 11.2. The van der Waals surface area contributed by atoms with Crippen LogP contribution in [0.3, 0.4) is 0 Å². The molecule has 18 heavy (non-hydrogen) atoms. The predicted octanol–water partition coefficient (Wildman–Crippen LogP) is -0.725. The molecule has 6 N–H and O–H groups in total. The van der Waals surface area contributed by atoms with Crippen LogP contribution in [-0.4, -0.2) is 38.0 Å². The SMILES string of the molecule is C=C(C)C(=O)NCCNCCN.C=C(C)C(N)=O. The number of primary amides is 1. The Bertz CT molecular complexity index is 288. The number of carbonyl (C=O) groups excluding carboxylic acids is 2. The van der Waals surface area contributed by atoms with E-state index in [4.69, 9.17) is 11.5 Å². The van der Waals surface area contributed by atoms with Gasteiger partial charge in [0.05, 0.1) is 0 Å². The number of amides is 2. The Kier molecular flexibility index (Phi) is 12.3. The fraction of sp³-hybridized carbons (Fsp3) is 0.500. The molecule has 0 aliphatic rings. The quantitative estimate of drug-likeness (QED) is 0.356. The van der Waals surface area contributed by atoms with Crippen LogP contribution < -0.4 is 22.1 Å². The van der Waals surface area contributed by atoms with E-state index in [1.165, 1.54) is 0 Å². The van der Waals surface area contributed by atoms with Crippen molar-refractivity contribution in [2.75, 3.05) is 26.2 Å². The van der Waals surface area contributed by atoms with Crippen LogP contribution in [0.1, 0.15) is 13.8 Å². The Morgan fingerprint density at radius 1 is 1.06 bits per heavy atom. The minimum Gasteiger partial charge on any atom is -0.366 e. The van der Waals surface area contributed by atoms with Crippen molar-refractivity contribution in [3.63, 3.8) is 0 Å². The summed E-state index contributed by atoms with van der Waals surface area (Å²) in [5, 5.41) is 5.76. The summed E-state index contributed by atoms with van der Waals surface area (Å²) < 4.78 is 0. The van der Waals surface area contributed by atoms with E-state index in [2.05, 4.69) is 23.8 Å². The molecule has 0 radical (unpaired) electrons. The highest BCUT2D eigenvalue weighted by molar-refractivity contribution is 5.92. The Labute approximate surface area is 108 Å². The van der Waals surface area contributed by atoms with Crippen LogP contribution in [0, 0.1) is 0 Å². The predicted molar refractivity (Wildman–Crippen MR) is 73.8 cm³/mol. The molecular weight excluding hydrogens is 232 g/mol. The fourth-order valence-electron chi connectivity index (χ4n) is 0.642. The molecule has 0 aliphatic heterocycles. The van der Waals surface area contributed by atoms with Crippen LogP contribution >= 0.6 is 0 Å². The van der Waals surface area contributed by atoms with Crippen LogP contribution in [0.4, 0.5) is 0 Å². The first kappa shape index (κ1) is 18.7. The van der Waals surface area contributed by atoms with Gasteiger partial charge in [-0.15, -0.1) is 0 Å². The van der Waals surface area contributed by atoms with Gasteiger partial charge in [-0.25, -0.2) is 0 Å². The molecule has 0 rings (SSSR count). The van der Waals surface area contributed by atoms with E-state index in [-0.39, 0.29) is 5.91 Å². The second kappa shape index (κ2) is 11.8. The van der Waals surface area contributed by atoms with Crippen LogP contribution in [-0.2, 0) is 9.59 Å². The van der Waals surface area contributed by atoms with Gasteiger partial charge in [-0.05, 0) is 13.8 Å². The fourth-order valence-corrected chi connectivity index (χ4v) is 0.642. The maximum absolute atomic E-state index is 10.9. The monoisotopic (exact) mass is 256 g/mol. The highest BCUT2D eigenvalue weighted by Crippen LogP contribution is 1.83. The van der Waals surface area contributed by atoms with E-state index in [1.54, 1.807) is 13.8 Å². The van der Waals surface area contributed by atoms with Crippen molar-refractivity contribution < 1.29 is 9.59 Å². The summed E-state index contributed by atoms with van der Waals surface area (Å²) in [4.78, 5) is 20.7. The molecule has 0 atom stereocenters. The molecule has 0 saturated carbocycles. The Balaban J connectivity index is 0. The number of rotatable bonds is 7. The normalized spacial score (nSPS) is 8.83. The first-order chi connectivity index (χ1) is 8.32. The van der Waals surface area contributed by atoms with Gasteiger partial charge >= 0.3 is 0 Å². The number of nitrogens with two attached hydrogens (primary N) is 2. The van der Waals surface area contributed by atoms with E-state index < -0.39 is 5.91 Å². The zero-order chi connectivity index (χ0) is 14.6. The molecule has 6 heteroatoms. The molecule has 0 heterocycles. The standard InChI is InChI=1S/C8H17N3O.C4H7NO/c1-7(2)8(12)11-6-5-10-4-3-9;1-3(2)4(5)6/h10H,1,3-6,9H2,2H3,(H,11,12);1H2,2H3,(H2,5,6). The average Bonchev–Trinajstić information content (AvgIpc) is 2.29. The van der Waals surface area contributed by atoms with Gasteiger partial charge in [0.25, 0.3) is 0 Å². The topological polar surface area (TPSA) is 110 Å². The smallest absolute Gasteiger partial charge is 0.246 e. The number of carbonyl (C=O) groups is 2. The lowest BCUT2D eigenvalue weighted by Crippen LogP contribution is -2.33. The summed E-state index contributed by atoms with van der Waals surface area (Å²) in [7, 11) is 0. The third kappa shape index (κ3) is 14.3. The van der Waals surface area contributed by atoms with Crippen molar-refractivity contribution in [1.29, 1.82) is 0 Å². The van der Waals surface area contributed by atoms with Gasteiger partial charge in [0, 0.05) is 37.3 Å². The number of hydrogen-bond donors (Lipinski definition) is 4. The van der Waals surface area contributed by atoms with Gasteiger partial charge in [0.2, 0.25) is 11.8 Å². The van der Waals surface area contributed by atoms with Crippen LogP contribution in [0.5, 0.6) is 0 Å². The Hall–Kier alpha value is -1.66. The molecule has 0 bridgehead atoms. The molecule has 0 aromatic rings. The summed E-state index contributed by atoms with van der Waals surface area (Å²) >= 11 is 0. The lowest BCUT2D eigenvalue weighted by molar-refractivity contribution is -0.117.